The first kappa shape index (κ1) is 16.9. The molecule has 22 heavy (non-hydrogen) atoms. The average Bonchev–Trinajstić information content (AvgIpc) is 2.89. The Morgan fingerprint density at radius 1 is 1.27 bits per heavy atom. The van der Waals surface area contributed by atoms with E-state index in [9.17, 15) is 9.59 Å². The zero-order chi connectivity index (χ0) is 16.1. The van der Waals surface area contributed by atoms with Crippen molar-refractivity contribution < 1.29 is 9.59 Å². The molecule has 0 spiro atoms. The standard InChI is InChI=1S/C15H13I3N2O2/c16-9-6-14(13(19)22)7-15(9,18)10(17)11(14)20-12(21)8-4-2-1-3-5-8/h1-5,9H,6-7H2,(H2,19,22)(H,20,21). The summed E-state index contributed by atoms with van der Waals surface area (Å²) in [6.45, 7) is 0. The number of primary amides is 1. The van der Waals surface area contributed by atoms with Crippen molar-refractivity contribution in [2.45, 2.75) is 20.2 Å². The number of hydrogen-bond donors (Lipinski definition) is 2. The molecule has 3 N–H and O–H groups in total. The van der Waals surface area contributed by atoms with Crippen molar-refractivity contribution in [3.8, 4) is 0 Å². The molecule has 2 aliphatic carbocycles. The fraction of sp³-hybridized carbons (Fsp3) is 0.333. The fourth-order valence-corrected chi connectivity index (χ4v) is 7.41. The summed E-state index contributed by atoms with van der Waals surface area (Å²) in [4.78, 5) is 24.6. The number of fused-ring (bicyclic) bond motifs is 2. The van der Waals surface area contributed by atoms with Crippen LogP contribution >= 0.6 is 67.8 Å². The Labute approximate surface area is 169 Å². The van der Waals surface area contributed by atoms with Crippen molar-refractivity contribution in [2.24, 2.45) is 11.1 Å². The van der Waals surface area contributed by atoms with Gasteiger partial charge < -0.3 is 11.1 Å². The molecule has 3 atom stereocenters. The van der Waals surface area contributed by atoms with Gasteiger partial charge in [-0.15, -0.1) is 0 Å². The van der Waals surface area contributed by atoms with Crippen LogP contribution in [-0.2, 0) is 4.79 Å². The van der Waals surface area contributed by atoms with Gasteiger partial charge in [-0.05, 0) is 47.6 Å². The molecule has 0 aliphatic heterocycles. The SMILES string of the molecule is NC(=O)C12CC(I)C(I)(C1)C(I)=C2NC(=O)c1ccccc1. The van der Waals surface area contributed by atoms with E-state index >= 15 is 0 Å². The first-order valence-electron chi connectivity index (χ1n) is 6.71. The third-order valence-electron chi connectivity index (χ3n) is 4.39. The summed E-state index contributed by atoms with van der Waals surface area (Å²) in [7, 11) is 0. The molecule has 7 heteroatoms. The van der Waals surface area contributed by atoms with Crippen LogP contribution in [0.4, 0.5) is 0 Å². The van der Waals surface area contributed by atoms with Crippen LogP contribution in [0.15, 0.2) is 39.6 Å². The van der Waals surface area contributed by atoms with Gasteiger partial charge >= 0.3 is 0 Å². The molecule has 4 nitrogen and oxygen atoms in total. The second kappa shape index (κ2) is 5.87. The second-order valence-electron chi connectivity index (χ2n) is 5.67. The van der Waals surface area contributed by atoms with Gasteiger partial charge in [0.25, 0.3) is 5.91 Å². The molecule has 1 saturated carbocycles. The maximum Gasteiger partial charge on any atom is 0.255 e. The zero-order valence-corrected chi connectivity index (χ0v) is 17.9. The highest BCUT2D eigenvalue weighted by molar-refractivity contribution is 14.1. The first-order chi connectivity index (χ1) is 10.3. The number of allylic oxidation sites excluding steroid dienone is 1. The minimum absolute atomic E-state index is 0.118. The Kier molecular flexibility index (Phi) is 4.52. The molecular weight excluding hydrogens is 621 g/mol. The maximum absolute atomic E-state index is 12.5. The highest BCUT2D eigenvalue weighted by Gasteiger charge is 2.65. The summed E-state index contributed by atoms with van der Waals surface area (Å²) in [6, 6.07) is 9.02. The van der Waals surface area contributed by atoms with E-state index in [4.69, 9.17) is 5.73 Å². The number of hydrogen-bond acceptors (Lipinski definition) is 2. The van der Waals surface area contributed by atoms with E-state index in [2.05, 4.69) is 73.1 Å². The lowest BCUT2D eigenvalue weighted by molar-refractivity contribution is -0.125. The van der Waals surface area contributed by atoms with Crippen molar-refractivity contribution >= 4 is 79.6 Å². The minimum atomic E-state index is -0.742. The van der Waals surface area contributed by atoms with Crippen molar-refractivity contribution in [3.63, 3.8) is 0 Å². The van der Waals surface area contributed by atoms with Gasteiger partial charge in [0, 0.05) is 18.8 Å². The fourth-order valence-electron chi connectivity index (χ4n) is 3.17. The molecule has 0 aromatic heterocycles. The molecule has 2 bridgehead atoms. The normalized spacial score (nSPS) is 33.1. The monoisotopic (exact) mass is 634 g/mol. The summed E-state index contributed by atoms with van der Waals surface area (Å²) in [5.41, 5.74) is 6.27. The van der Waals surface area contributed by atoms with Crippen LogP contribution in [0.3, 0.4) is 0 Å². The lowest BCUT2D eigenvalue weighted by atomic mass is 9.83. The summed E-state index contributed by atoms with van der Waals surface area (Å²) in [6.07, 6.45) is 1.36. The lowest BCUT2D eigenvalue weighted by Gasteiger charge is -2.31. The molecule has 3 unspecified atom stereocenters. The number of alkyl halides is 2. The number of nitrogens with two attached hydrogens (primary N) is 1. The molecule has 2 amide bonds. The first-order valence-corrected chi connectivity index (χ1v) is 10.1. The summed E-state index contributed by atoms with van der Waals surface area (Å²) < 4.78 is 1.26. The van der Waals surface area contributed by atoms with Gasteiger partial charge in [-0.2, -0.15) is 0 Å². The van der Waals surface area contributed by atoms with Crippen LogP contribution in [0.1, 0.15) is 23.2 Å². The Morgan fingerprint density at radius 2 is 1.91 bits per heavy atom. The van der Waals surface area contributed by atoms with Gasteiger partial charge in [-0.1, -0.05) is 63.4 Å². The molecule has 3 rings (SSSR count). The predicted molar refractivity (Wildman–Crippen MR) is 110 cm³/mol. The minimum Gasteiger partial charge on any atom is -0.369 e. The van der Waals surface area contributed by atoms with Crippen molar-refractivity contribution in [1.82, 2.24) is 5.32 Å². The van der Waals surface area contributed by atoms with E-state index in [-0.39, 0.29) is 15.2 Å². The number of benzene rings is 1. The molecule has 0 radical (unpaired) electrons. The highest BCUT2D eigenvalue weighted by atomic mass is 127. The van der Waals surface area contributed by atoms with E-state index in [1.54, 1.807) is 12.1 Å². The van der Waals surface area contributed by atoms with Crippen LogP contribution in [0, 0.1) is 5.41 Å². The third kappa shape index (κ3) is 2.41. The number of nitrogens with one attached hydrogen (secondary N) is 1. The number of rotatable bonds is 3. The van der Waals surface area contributed by atoms with Gasteiger partial charge in [-0.25, -0.2) is 0 Å². The van der Waals surface area contributed by atoms with E-state index in [0.29, 0.717) is 28.0 Å². The number of halogens is 3. The molecule has 116 valence electrons. The van der Waals surface area contributed by atoms with Crippen LogP contribution in [0.5, 0.6) is 0 Å². The van der Waals surface area contributed by atoms with Crippen molar-refractivity contribution in [2.75, 3.05) is 0 Å². The van der Waals surface area contributed by atoms with E-state index in [0.717, 1.165) is 3.58 Å². The van der Waals surface area contributed by atoms with Crippen molar-refractivity contribution in [3.05, 3.63) is 45.2 Å². The smallest absolute Gasteiger partial charge is 0.255 e. The molecule has 1 aromatic carbocycles. The molecular formula is C15H13I3N2O2. The second-order valence-corrected chi connectivity index (χ2v) is 10.2. The Balaban J connectivity index is 1.99. The third-order valence-corrected chi connectivity index (χ3v) is 11.3. The molecule has 0 heterocycles. The number of carbonyl (C=O) groups excluding carboxylic acids is 2. The molecule has 1 fully saturated rings. The predicted octanol–water partition coefficient (Wildman–Crippen LogP) is 3.32. The van der Waals surface area contributed by atoms with Crippen LogP contribution < -0.4 is 11.1 Å². The maximum atomic E-state index is 12.5. The van der Waals surface area contributed by atoms with Gasteiger partial charge in [-0.3, -0.25) is 9.59 Å². The molecule has 1 aromatic rings. The Bertz CT molecular complexity index is 691. The largest absolute Gasteiger partial charge is 0.369 e. The topological polar surface area (TPSA) is 72.2 Å². The van der Waals surface area contributed by atoms with Gasteiger partial charge in [0.05, 0.1) is 8.84 Å². The van der Waals surface area contributed by atoms with Gasteiger partial charge in [0.2, 0.25) is 5.91 Å². The highest BCUT2D eigenvalue weighted by Crippen LogP contribution is 2.66. The average molecular weight is 634 g/mol. The number of carbonyl (C=O) groups is 2. The quantitative estimate of drug-likeness (QED) is 0.396. The molecule has 2 aliphatic rings. The summed E-state index contributed by atoms with van der Waals surface area (Å²) >= 11 is 7.06. The number of amides is 2. The van der Waals surface area contributed by atoms with E-state index < -0.39 is 5.41 Å². The van der Waals surface area contributed by atoms with E-state index in [1.165, 1.54) is 0 Å². The van der Waals surface area contributed by atoms with E-state index in [1.807, 2.05) is 18.2 Å². The Morgan fingerprint density at radius 3 is 2.50 bits per heavy atom. The van der Waals surface area contributed by atoms with Gasteiger partial charge in [0.15, 0.2) is 0 Å². The summed E-state index contributed by atoms with van der Waals surface area (Å²) in [5, 5.41) is 2.97. The zero-order valence-electron chi connectivity index (χ0n) is 11.4. The Hall–Kier alpha value is 0.0900. The lowest BCUT2D eigenvalue weighted by Crippen LogP contribution is -2.43. The van der Waals surface area contributed by atoms with Gasteiger partial charge in [0.1, 0.15) is 0 Å². The summed E-state index contributed by atoms with van der Waals surface area (Å²) in [5.74, 6) is -0.536. The molecule has 0 saturated heterocycles. The van der Waals surface area contributed by atoms with Crippen LogP contribution in [0.25, 0.3) is 0 Å². The van der Waals surface area contributed by atoms with Crippen LogP contribution in [-0.4, -0.2) is 19.2 Å². The van der Waals surface area contributed by atoms with Crippen molar-refractivity contribution in [1.29, 1.82) is 0 Å². The van der Waals surface area contributed by atoms with Crippen LogP contribution in [0.2, 0.25) is 0 Å².